The van der Waals surface area contributed by atoms with E-state index in [1.165, 1.54) is 11.1 Å². The summed E-state index contributed by atoms with van der Waals surface area (Å²) in [6, 6.07) is 8.40. The van der Waals surface area contributed by atoms with Gasteiger partial charge in [-0.3, -0.25) is 9.69 Å². The van der Waals surface area contributed by atoms with Gasteiger partial charge in [0.2, 0.25) is 5.91 Å². The molecule has 1 aliphatic carbocycles. The molecule has 0 radical (unpaired) electrons. The van der Waals surface area contributed by atoms with Gasteiger partial charge in [0, 0.05) is 19.6 Å². The van der Waals surface area contributed by atoms with Crippen LogP contribution in [-0.4, -0.2) is 54.8 Å². The van der Waals surface area contributed by atoms with Crippen molar-refractivity contribution in [1.29, 1.82) is 0 Å². The molecule has 5 heteroatoms. The van der Waals surface area contributed by atoms with Crippen LogP contribution >= 0.6 is 0 Å². The van der Waals surface area contributed by atoms with Gasteiger partial charge in [0.15, 0.2) is 0 Å². The number of nitrogens with one attached hydrogen (secondary N) is 1. The summed E-state index contributed by atoms with van der Waals surface area (Å²) in [6.45, 7) is 2.61. The monoisotopic (exact) mass is 304 g/mol. The molecule has 1 fully saturated rings. The number of aliphatic hydroxyl groups excluding tert-OH is 1. The number of piperazine rings is 1. The summed E-state index contributed by atoms with van der Waals surface area (Å²) in [5, 5.41) is 13.0. The summed E-state index contributed by atoms with van der Waals surface area (Å²) >= 11 is 0. The van der Waals surface area contributed by atoms with Crippen LogP contribution in [0.1, 0.15) is 30.1 Å². The zero-order chi connectivity index (χ0) is 15.4. The lowest BCUT2D eigenvalue weighted by molar-refractivity contribution is -0.124. The van der Waals surface area contributed by atoms with Crippen LogP contribution in [0.25, 0.3) is 0 Å². The normalized spacial score (nSPS) is 23.7. The molecule has 1 saturated heterocycles. The van der Waals surface area contributed by atoms with Crippen molar-refractivity contribution in [3.8, 4) is 0 Å². The lowest BCUT2D eigenvalue weighted by Gasteiger charge is -2.30. The maximum Gasteiger partial charge on any atom is 0.234 e. The van der Waals surface area contributed by atoms with E-state index in [1.54, 1.807) is 0 Å². The van der Waals surface area contributed by atoms with E-state index in [4.69, 9.17) is 4.74 Å². The Morgan fingerprint density at radius 1 is 1.41 bits per heavy atom. The molecule has 1 aliphatic heterocycles. The Kier molecular flexibility index (Phi) is 5.08. The first-order valence-corrected chi connectivity index (χ1v) is 8.09. The summed E-state index contributed by atoms with van der Waals surface area (Å²) in [4.78, 5) is 13.3. The first-order valence-electron chi connectivity index (χ1n) is 8.09. The topological polar surface area (TPSA) is 61.8 Å². The molecule has 0 bridgehead atoms. The molecular formula is C17H24N2O3. The SMILES string of the molecule is O=C1CN(C[C@@H](O)CO[C@H]2CCCc3ccccc32)CCN1. The van der Waals surface area contributed by atoms with Crippen LogP contribution in [-0.2, 0) is 16.0 Å². The van der Waals surface area contributed by atoms with Crippen LogP contribution in [0.5, 0.6) is 0 Å². The van der Waals surface area contributed by atoms with Gasteiger partial charge in [0.1, 0.15) is 0 Å². The maximum absolute atomic E-state index is 11.3. The van der Waals surface area contributed by atoms with E-state index in [1.807, 2.05) is 11.0 Å². The van der Waals surface area contributed by atoms with Crippen molar-refractivity contribution in [2.45, 2.75) is 31.5 Å². The summed E-state index contributed by atoms with van der Waals surface area (Å²) in [5.41, 5.74) is 2.62. The van der Waals surface area contributed by atoms with Gasteiger partial charge in [0.05, 0.1) is 25.4 Å². The zero-order valence-electron chi connectivity index (χ0n) is 12.8. The number of benzene rings is 1. The van der Waals surface area contributed by atoms with Crippen molar-refractivity contribution in [2.24, 2.45) is 0 Å². The van der Waals surface area contributed by atoms with Crippen LogP contribution in [0.3, 0.4) is 0 Å². The van der Waals surface area contributed by atoms with Crippen LogP contribution in [0.4, 0.5) is 0 Å². The van der Waals surface area contributed by atoms with E-state index in [2.05, 4.69) is 23.5 Å². The number of amides is 1. The quantitative estimate of drug-likeness (QED) is 0.847. The molecule has 3 rings (SSSR count). The van der Waals surface area contributed by atoms with Crippen LogP contribution in [0.15, 0.2) is 24.3 Å². The number of carbonyl (C=O) groups is 1. The predicted octanol–water partition coefficient (Wildman–Crippen LogP) is 0.873. The molecule has 5 nitrogen and oxygen atoms in total. The summed E-state index contributed by atoms with van der Waals surface area (Å²) < 4.78 is 5.96. The molecule has 0 aromatic heterocycles. The second-order valence-electron chi connectivity index (χ2n) is 6.15. The number of fused-ring (bicyclic) bond motifs is 1. The Morgan fingerprint density at radius 2 is 2.27 bits per heavy atom. The average Bonchev–Trinajstić information content (AvgIpc) is 2.53. The first kappa shape index (κ1) is 15.5. The molecule has 2 atom stereocenters. The number of aryl methyl sites for hydroxylation is 1. The molecular weight excluding hydrogens is 280 g/mol. The van der Waals surface area contributed by atoms with Crippen molar-refractivity contribution < 1.29 is 14.6 Å². The van der Waals surface area contributed by atoms with Crippen molar-refractivity contribution in [1.82, 2.24) is 10.2 Å². The third kappa shape index (κ3) is 3.85. The first-order chi connectivity index (χ1) is 10.7. The van der Waals surface area contributed by atoms with E-state index in [0.29, 0.717) is 26.2 Å². The molecule has 1 aromatic carbocycles. The second kappa shape index (κ2) is 7.22. The molecule has 0 spiro atoms. The Hall–Kier alpha value is -1.43. The fourth-order valence-electron chi connectivity index (χ4n) is 3.31. The van der Waals surface area contributed by atoms with Gasteiger partial charge in [-0.2, -0.15) is 0 Å². The Bertz CT molecular complexity index is 520. The lowest BCUT2D eigenvalue weighted by Crippen LogP contribution is -2.50. The van der Waals surface area contributed by atoms with Gasteiger partial charge in [-0.15, -0.1) is 0 Å². The fraction of sp³-hybridized carbons (Fsp3) is 0.588. The number of rotatable bonds is 5. The third-order valence-corrected chi connectivity index (χ3v) is 4.39. The zero-order valence-corrected chi connectivity index (χ0v) is 12.8. The maximum atomic E-state index is 11.3. The molecule has 1 aromatic rings. The molecule has 0 unspecified atom stereocenters. The molecule has 2 aliphatic rings. The summed E-state index contributed by atoms with van der Waals surface area (Å²) in [7, 11) is 0. The highest BCUT2D eigenvalue weighted by molar-refractivity contribution is 5.78. The van der Waals surface area contributed by atoms with E-state index in [0.717, 1.165) is 25.8 Å². The Labute approximate surface area is 131 Å². The van der Waals surface area contributed by atoms with Gasteiger partial charge < -0.3 is 15.2 Å². The molecule has 1 heterocycles. The van der Waals surface area contributed by atoms with Gasteiger partial charge in [0.25, 0.3) is 0 Å². The Balaban J connectivity index is 1.49. The van der Waals surface area contributed by atoms with Gasteiger partial charge in [-0.25, -0.2) is 0 Å². The lowest BCUT2D eigenvalue weighted by atomic mass is 9.89. The van der Waals surface area contributed by atoms with Gasteiger partial charge in [-0.1, -0.05) is 24.3 Å². The second-order valence-corrected chi connectivity index (χ2v) is 6.15. The summed E-state index contributed by atoms with van der Waals surface area (Å²) in [5.74, 6) is 0.0283. The van der Waals surface area contributed by atoms with E-state index >= 15 is 0 Å². The molecule has 120 valence electrons. The summed E-state index contributed by atoms with van der Waals surface area (Å²) in [6.07, 6.45) is 2.78. The Morgan fingerprint density at radius 3 is 3.14 bits per heavy atom. The van der Waals surface area contributed by atoms with Crippen LogP contribution < -0.4 is 5.32 Å². The fourth-order valence-corrected chi connectivity index (χ4v) is 3.31. The number of carbonyl (C=O) groups excluding carboxylic acids is 1. The van der Waals surface area contributed by atoms with Crippen molar-refractivity contribution >= 4 is 5.91 Å². The number of hydrogen-bond acceptors (Lipinski definition) is 4. The number of nitrogens with zero attached hydrogens (tertiary/aromatic N) is 1. The van der Waals surface area contributed by atoms with Crippen molar-refractivity contribution in [3.05, 3.63) is 35.4 Å². The van der Waals surface area contributed by atoms with E-state index in [9.17, 15) is 9.90 Å². The highest BCUT2D eigenvalue weighted by atomic mass is 16.5. The van der Waals surface area contributed by atoms with Gasteiger partial charge >= 0.3 is 0 Å². The highest BCUT2D eigenvalue weighted by Gasteiger charge is 2.23. The van der Waals surface area contributed by atoms with E-state index in [-0.39, 0.29) is 12.0 Å². The third-order valence-electron chi connectivity index (χ3n) is 4.39. The minimum absolute atomic E-state index is 0.0283. The number of β-amino-alcohol motifs (C(OH)–C–C–N with tert-alkyl or cyclic N) is 1. The van der Waals surface area contributed by atoms with E-state index < -0.39 is 6.10 Å². The largest absolute Gasteiger partial charge is 0.389 e. The smallest absolute Gasteiger partial charge is 0.234 e. The minimum atomic E-state index is -0.556. The number of ether oxygens (including phenoxy) is 1. The van der Waals surface area contributed by atoms with Gasteiger partial charge in [-0.05, 0) is 30.4 Å². The molecule has 2 N–H and O–H groups in total. The average molecular weight is 304 g/mol. The molecule has 0 saturated carbocycles. The van der Waals surface area contributed by atoms with Crippen LogP contribution in [0, 0.1) is 0 Å². The standard InChI is InChI=1S/C17H24N2O3/c20-14(10-19-9-8-18-17(21)11-19)12-22-16-7-3-5-13-4-1-2-6-15(13)16/h1-2,4,6,14,16,20H,3,5,7-12H2,(H,18,21)/t14-,16+/m1/s1. The number of hydrogen-bond donors (Lipinski definition) is 2. The van der Waals surface area contributed by atoms with Crippen molar-refractivity contribution in [3.63, 3.8) is 0 Å². The predicted molar refractivity (Wildman–Crippen MR) is 83.5 cm³/mol. The minimum Gasteiger partial charge on any atom is -0.389 e. The highest BCUT2D eigenvalue weighted by Crippen LogP contribution is 2.32. The molecule has 22 heavy (non-hydrogen) atoms. The molecule has 1 amide bonds. The van der Waals surface area contributed by atoms with Crippen molar-refractivity contribution in [2.75, 3.05) is 32.8 Å². The van der Waals surface area contributed by atoms with Crippen LogP contribution in [0.2, 0.25) is 0 Å². The number of aliphatic hydroxyl groups is 1.